The summed E-state index contributed by atoms with van der Waals surface area (Å²) in [6, 6.07) is 1.77. The molecule has 106 valence electrons. The molecule has 1 aliphatic rings. The van der Waals surface area contributed by atoms with E-state index in [1.807, 2.05) is 0 Å². The molecule has 1 aliphatic heterocycles. The van der Waals surface area contributed by atoms with Crippen molar-refractivity contribution in [3.05, 3.63) is 17.3 Å². The molecule has 1 fully saturated rings. The quantitative estimate of drug-likeness (QED) is 0.893. The molecule has 0 radical (unpaired) electrons. The zero-order valence-corrected chi connectivity index (χ0v) is 12.4. The van der Waals surface area contributed by atoms with Gasteiger partial charge in [-0.05, 0) is 20.2 Å². The molecule has 2 rings (SSSR count). The maximum Gasteiger partial charge on any atom is 0.151 e. The standard InChI is InChI=1S/C13H22ClN5/c1-17(2)3-4-18-5-7-19(8-6-18)13-12(15)9-11(14)10-16-13/h9-10H,3-8,15H2,1-2H3. The number of aromatic nitrogens is 1. The topological polar surface area (TPSA) is 48.6 Å². The fourth-order valence-electron chi connectivity index (χ4n) is 2.24. The molecule has 5 nitrogen and oxygen atoms in total. The second-order valence-electron chi connectivity index (χ2n) is 5.20. The first-order valence-corrected chi connectivity index (χ1v) is 6.97. The molecule has 0 aliphatic carbocycles. The molecule has 1 aromatic heterocycles. The van der Waals surface area contributed by atoms with Crippen LogP contribution in [0.25, 0.3) is 0 Å². The van der Waals surface area contributed by atoms with Crippen LogP contribution >= 0.6 is 11.6 Å². The van der Waals surface area contributed by atoms with Crippen molar-refractivity contribution < 1.29 is 0 Å². The van der Waals surface area contributed by atoms with Gasteiger partial charge in [-0.2, -0.15) is 0 Å². The largest absolute Gasteiger partial charge is 0.396 e. The minimum absolute atomic E-state index is 0.589. The van der Waals surface area contributed by atoms with Crippen molar-refractivity contribution >= 4 is 23.1 Å². The van der Waals surface area contributed by atoms with Crippen LogP contribution in [-0.2, 0) is 0 Å². The Labute approximate surface area is 119 Å². The zero-order chi connectivity index (χ0) is 13.8. The number of hydrogen-bond acceptors (Lipinski definition) is 5. The van der Waals surface area contributed by atoms with E-state index >= 15 is 0 Å². The fraction of sp³-hybridized carbons (Fsp3) is 0.615. The van der Waals surface area contributed by atoms with Crippen LogP contribution in [0.2, 0.25) is 5.02 Å². The molecule has 0 aromatic carbocycles. The van der Waals surface area contributed by atoms with Crippen LogP contribution in [0.5, 0.6) is 0 Å². The predicted molar refractivity (Wildman–Crippen MR) is 80.9 cm³/mol. The molecule has 2 heterocycles. The molecule has 0 bridgehead atoms. The Kier molecular flexibility index (Phi) is 4.85. The minimum Gasteiger partial charge on any atom is -0.396 e. The Hall–Kier alpha value is -1.04. The number of nitrogen functional groups attached to an aromatic ring is 1. The summed E-state index contributed by atoms with van der Waals surface area (Å²) >= 11 is 5.88. The Morgan fingerprint density at radius 3 is 2.58 bits per heavy atom. The van der Waals surface area contributed by atoms with Crippen molar-refractivity contribution in [2.24, 2.45) is 0 Å². The number of piperazine rings is 1. The van der Waals surface area contributed by atoms with E-state index in [1.54, 1.807) is 12.3 Å². The Balaban J connectivity index is 1.89. The molecular weight excluding hydrogens is 262 g/mol. The molecule has 2 N–H and O–H groups in total. The van der Waals surface area contributed by atoms with Gasteiger partial charge in [0.1, 0.15) is 0 Å². The molecule has 19 heavy (non-hydrogen) atoms. The van der Waals surface area contributed by atoms with E-state index in [1.165, 1.54) is 0 Å². The van der Waals surface area contributed by atoms with Gasteiger partial charge in [0.05, 0.1) is 10.7 Å². The van der Waals surface area contributed by atoms with Crippen molar-refractivity contribution in [1.82, 2.24) is 14.8 Å². The van der Waals surface area contributed by atoms with Gasteiger partial charge in [0.2, 0.25) is 0 Å². The van der Waals surface area contributed by atoms with E-state index in [2.05, 4.69) is 33.8 Å². The minimum atomic E-state index is 0.589. The SMILES string of the molecule is CN(C)CCN1CCN(c2ncc(Cl)cc2N)CC1. The summed E-state index contributed by atoms with van der Waals surface area (Å²) in [6.45, 7) is 6.25. The summed E-state index contributed by atoms with van der Waals surface area (Å²) in [5.74, 6) is 0.858. The number of halogens is 1. The number of nitrogens with two attached hydrogens (primary N) is 1. The monoisotopic (exact) mass is 283 g/mol. The van der Waals surface area contributed by atoms with Crippen LogP contribution < -0.4 is 10.6 Å². The fourth-order valence-corrected chi connectivity index (χ4v) is 2.40. The molecule has 0 atom stereocenters. The molecule has 1 aromatic rings. The van der Waals surface area contributed by atoms with E-state index in [0.29, 0.717) is 10.7 Å². The predicted octanol–water partition coefficient (Wildman–Crippen LogP) is 1.00. The number of rotatable bonds is 4. The first kappa shape index (κ1) is 14.4. The first-order chi connectivity index (χ1) is 9.06. The zero-order valence-electron chi connectivity index (χ0n) is 11.6. The van der Waals surface area contributed by atoms with Crippen molar-refractivity contribution in [2.75, 3.05) is 64.0 Å². The summed E-state index contributed by atoms with van der Waals surface area (Å²) in [5, 5.41) is 0.589. The van der Waals surface area contributed by atoms with Crippen LogP contribution in [0.4, 0.5) is 11.5 Å². The molecule has 0 unspecified atom stereocenters. The highest BCUT2D eigenvalue weighted by Gasteiger charge is 2.19. The third-order valence-electron chi connectivity index (χ3n) is 3.40. The van der Waals surface area contributed by atoms with E-state index in [0.717, 1.165) is 45.1 Å². The highest BCUT2D eigenvalue weighted by molar-refractivity contribution is 6.30. The lowest BCUT2D eigenvalue weighted by Gasteiger charge is -2.36. The van der Waals surface area contributed by atoms with E-state index in [9.17, 15) is 0 Å². The summed E-state index contributed by atoms with van der Waals surface area (Å²) in [7, 11) is 4.21. The van der Waals surface area contributed by atoms with Crippen molar-refractivity contribution in [1.29, 1.82) is 0 Å². The number of nitrogens with zero attached hydrogens (tertiary/aromatic N) is 4. The summed E-state index contributed by atoms with van der Waals surface area (Å²) in [6.07, 6.45) is 1.66. The van der Waals surface area contributed by atoms with Crippen molar-refractivity contribution in [2.45, 2.75) is 0 Å². The van der Waals surface area contributed by atoms with Gasteiger partial charge < -0.3 is 15.5 Å². The van der Waals surface area contributed by atoms with Gasteiger partial charge in [-0.1, -0.05) is 11.6 Å². The molecule has 0 saturated carbocycles. The molecule has 6 heteroatoms. The van der Waals surface area contributed by atoms with Gasteiger partial charge >= 0.3 is 0 Å². The molecule has 0 amide bonds. The number of likely N-dealkylation sites (N-methyl/N-ethyl adjacent to an activating group) is 1. The van der Waals surface area contributed by atoms with Crippen LogP contribution in [0.1, 0.15) is 0 Å². The lowest BCUT2D eigenvalue weighted by Crippen LogP contribution is -2.48. The van der Waals surface area contributed by atoms with E-state index in [4.69, 9.17) is 17.3 Å². The van der Waals surface area contributed by atoms with E-state index in [-0.39, 0.29) is 0 Å². The second-order valence-corrected chi connectivity index (χ2v) is 5.63. The average molecular weight is 284 g/mol. The first-order valence-electron chi connectivity index (χ1n) is 6.59. The van der Waals surface area contributed by atoms with E-state index < -0.39 is 0 Å². The highest BCUT2D eigenvalue weighted by Crippen LogP contribution is 2.24. The smallest absolute Gasteiger partial charge is 0.151 e. The van der Waals surface area contributed by atoms with Gasteiger partial charge in [-0.3, -0.25) is 4.90 Å². The molecule has 0 spiro atoms. The van der Waals surface area contributed by atoms with Crippen LogP contribution in [-0.4, -0.2) is 68.1 Å². The number of anilines is 2. The molecule has 1 saturated heterocycles. The number of hydrogen-bond donors (Lipinski definition) is 1. The van der Waals surface area contributed by atoms with Crippen molar-refractivity contribution in [3.63, 3.8) is 0 Å². The maximum absolute atomic E-state index is 5.98. The van der Waals surface area contributed by atoms with Gasteiger partial charge in [0.15, 0.2) is 5.82 Å². The normalized spacial score (nSPS) is 17.2. The third-order valence-corrected chi connectivity index (χ3v) is 3.60. The summed E-state index contributed by atoms with van der Waals surface area (Å²) in [5.41, 5.74) is 6.64. The lowest BCUT2D eigenvalue weighted by molar-refractivity contribution is 0.229. The van der Waals surface area contributed by atoms with Crippen molar-refractivity contribution in [3.8, 4) is 0 Å². The van der Waals surface area contributed by atoms with Crippen LogP contribution in [0, 0.1) is 0 Å². The van der Waals surface area contributed by atoms with Gasteiger partial charge in [-0.15, -0.1) is 0 Å². The van der Waals surface area contributed by atoms with Gasteiger partial charge in [0.25, 0.3) is 0 Å². The van der Waals surface area contributed by atoms with Gasteiger partial charge in [0, 0.05) is 45.5 Å². The maximum atomic E-state index is 5.98. The second kappa shape index (κ2) is 6.41. The van der Waals surface area contributed by atoms with Crippen LogP contribution in [0.3, 0.4) is 0 Å². The highest BCUT2D eigenvalue weighted by atomic mass is 35.5. The van der Waals surface area contributed by atoms with Crippen LogP contribution in [0.15, 0.2) is 12.3 Å². The summed E-state index contributed by atoms with van der Waals surface area (Å²) in [4.78, 5) is 11.3. The third kappa shape index (κ3) is 3.96. The lowest BCUT2D eigenvalue weighted by atomic mass is 10.3. The summed E-state index contributed by atoms with van der Waals surface area (Å²) < 4.78 is 0. The Bertz CT molecular complexity index is 415. The van der Waals surface area contributed by atoms with Gasteiger partial charge in [-0.25, -0.2) is 4.98 Å². The molecular formula is C13H22ClN5. The number of pyridine rings is 1. The Morgan fingerprint density at radius 2 is 2.00 bits per heavy atom. The Morgan fingerprint density at radius 1 is 1.32 bits per heavy atom. The average Bonchev–Trinajstić information content (AvgIpc) is 2.37.